The Bertz CT molecular complexity index is 711. The molecule has 4 fully saturated rings. The van der Waals surface area contributed by atoms with Crippen LogP contribution in [0.1, 0.15) is 80.1 Å². The van der Waals surface area contributed by atoms with E-state index in [2.05, 4.69) is 27.7 Å². The van der Waals surface area contributed by atoms with E-state index in [-0.39, 0.29) is 33.2 Å². The van der Waals surface area contributed by atoms with Gasteiger partial charge in [-0.1, -0.05) is 27.7 Å². The summed E-state index contributed by atoms with van der Waals surface area (Å²) in [6, 6.07) is 0. The number of carbonyl (C=O) groups excluding carboxylic acids is 2. The molecule has 4 rings (SSSR count). The summed E-state index contributed by atoms with van der Waals surface area (Å²) in [5, 5.41) is 0. The van der Waals surface area contributed by atoms with Gasteiger partial charge in [0.25, 0.3) is 0 Å². The van der Waals surface area contributed by atoms with E-state index in [9.17, 15) is 9.59 Å². The van der Waals surface area contributed by atoms with Crippen LogP contribution in [0.15, 0.2) is 9.98 Å². The zero-order valence-corrected chi connectivity index (χ0v) is 17.8. The molecule has 0 N–H and O–H groups in total. The van der Waals surface area contributed by atoms with Crippen LogP contribution in [-0.2, 0) is 9.59 Å². The number of fused-ring (bicyclic) bond motifs is 4. The van der Waals surface area contributed by atoms with Gasteiger partial charge in [-0.15, -0.1) is 0 Å². The molecule has 0 aliphatic heterocycles. The SMILES string of the molecule is CC(=O)C12CCC(C/C1=N\C/N=C1\CC3CCC1(C(C)=O)C3(C)C)C2(C)C. The molecule has 0 heterocycles. The normalized spacial score (nSPS) is 43.8. The molecule has 4 aliphatic carbocycles. The fourth-order valence-corrected chi connectivity index (χ4v) is 7.68. The maximum Gasteiger partial charge on any atom is 0.142 e. The average molecular weight is 371 g/mol. The highest BCUT2D eigenvalue weighted by Crippen LogP contribution is 2.65. The van der Waals surface area contributed by atoms with Crippen molar-refractivity contribution in [1.29, 1.82) is 0 Å². The predicted octanol–water partition coefficient (Wildman–Crippen LogP) is 4.66. The summed E-state index contributed by atoms with van der Waals surface area (Å²) in [5.74, 6) is 1.64. The second kappa shape index (κ2) is 5.61. The van der Waals surface area contributed by atoms with Gasteiger partial charge in [-0.3, -0.25) is 19.6 Å². The van der Waals surface area contributed by atoms with E-state index in [1.807, 2.05) is 0 Å². The Morgan fingerprint density at radius 3 is 1.48 bits per heavy atom. The molecule has 0 spiro atoms. The zero-order valence-electron chi connectivity index (χ0n) is 17.8. The topological polar surface area (TPSA) is 58.9 Å². The van der Waals surface area contributed by atoms with Crippen molar-refractivity contribution < 1.29 is 9.59 Å². The van der Waals surface area contributed by atoms with Gasteiger partial charge in [-0.25, -0.2) is 0 Å². The van der Waals surface area contributed by atoms with Crippen molar-refractivity contribution in [3.63, 3.8) is 0 Å². The van der Waals surface area contributed by atoms with Gasteiger partial charge >= 0.3 is 0 Å². The lowest BCUT2D eigenvalue weighted by molar-refractivity contribution is -0.127. The summed E-state index contributed by atoms with van der Waals surface area (Å²) in [4.78, 5) is 35.0. The number of hydrogen-bond acceptors (Lipinski definition) is 4. The third kappa shape index (κ3) is 2.05. The number of aliphatic imine (C=N–C) groups is 2. The molecule has 4 unspecified atom stereocenters. The van der Waals surface area contributed by atoms with E-state index < -0.39 is 0 Å². The first kappa shape index (κ1) is 19.0. The number of rotatable bonds is 4. The third-order valence-corrected chi connectivity index (χ3v) is 9.57. The van der Waals surface area contributed by atoms with Crippen LogP contribution in [0.4, 0.5) is 0 Å². The van der Waals surface area contributed by atoms with Gasteiger partial charge in [-0.2, -0.15) is 0 Å². The minimum atomic E-state index is -0.385. The lowest BCUT2D eigenvalue weighted by Crippen LogP contribution is -2.43. The minimum absolute atomic E-state index is 0.000164. The highest BCUT2D eigenvalue weighted by atomic mass is 16.1. The highest BCUT2D eigenvalue weighted by Gasteiger charge is 2.66. The first-order valence-corrected chi connectivity index (χ1v) is 10.6. The second-order valence-electron chi connectivity index (χ2n) is 10.6. The summed E-state index contributed by atoms with van der Waals surface area (Å²) in [6.07, 6.45) is 5.99. The summed E-state index contributed by atoms with van der Waals surface area (Å²) in [5.41, 5.74) is 1.37. The Morgan fingerprint density at radius 2 is 1.19 bits per heavy atom. The summed E-state index contributed by atoms with van der Waals surface area (Å²) in [6.45, 7) is 12.8. The quantitative estimate of drug-likeness (QED) is 0.723. The Balaban J connectivity index is 1.63. The molecule has 0 aromatic heterocycles. The first-order valence-electron chi connectivity index (χ1n) is 10.6. The molecule has 4 heteroatoms. The van der Waals surface area contributed by atoms with E-state index in [0.717, 1.165) is 49.9 Å². The molecule has 27 heavy (non-hydrogen) atoms. The van der Waals surface area contributed by atoms with Gasteiger partial charge in [0.2, 0.25) is 0 Å². The Hall–Kier alpha value is -1.32. The molecule has 0 amide bonds. The summed E-state index contributed by atoms with van der Waals surface area (Å²) >= 11 is 0. The zero-order chi connectivity index (χ0) is 19.8. The molecule has 0 aromatic rings. The van der Waals surface area contributed by atoms with Crippen LogP contribution in [0.2, 0.25) is 0 Å². The first-order chi connectivity index (χ1) is 12.5. The lowest BCUT2D eigenvalue weighted by Gasteiger charge is -2.36. The van der Waals surface area contributed by atoms with E-state index in [1.165, 1.54) is 0 Å². The van der Waals surface area contributed by atoms with Gasteiger partial charge in [0.15, 0.2) is 0 Å². The van der Waals surface area contributed by atoms with Crippen molar-refractivity contribution in [2.75, 3.05) is 6.67 Å². The molecule has 4 nitrogen and oxygen atoms in total. The number of ketones is 2. The van der Waals surface area contributed by atoms with Crippen molar-refractivity contribution in [3.8, 4) is 0 Å². The maximum atomic E-state index is 12.6. The monoisotopic (exact) mass is 370 g/mol. The highest BCUT2D eigenvalue weighted by molar-refractivity contribution is 6.13. The molecule has 0 radical (unpaired) electrons. The van der Waals surface area contributed by atoms with Crippen LogP contribution in [0.5, 0.6) is 0 Å². The van der Waals surface area contributed by atoms with Crippen molar-refractivity contribution in [2.45, 2.75) is 80.1 Å². The van der Waals surface area contributed by atoms with Gasteiger partial charge in [0.05, 0.1) is 10.8 Å². The fourth-order valence-electron chi connectivity index (χ4n) is 7.68. The molecular weight excluding hydrogens is 336 g/mol. The van der Waals surface area contributed by atoms with Crippen LogP contribution in [-0.4, -0.2) is 29.7 Å². The molecule has 0 aromatic carbocycles. The minimum Gasteiger partial charge on any atom is -0.299 e. The maximum absolute atomic E-state index is 12.6. The number of nitrogens with zero attached hydrogens (tertiary/aromatic N) is 2. The molecule has 148 valence electrons. The Labute approximate surface area is 163 Å². The molecule has 4 atom stereocenters. The largest absolute Gasteiger partial charge is 0.299 e. The van der Waals surface area contributed by atoms with E-state index >= 15 is 0 Å². The fraction of sp³-hybridized carbons (Fsp3) is 0.826. The average Bonchev–Trinajstić information content (AvgIpc) is 3.16. The van der Waals surface area contributed by atoms with Crippen molar-refractivity contribution >= 4 is 23.0 Å². The van der Waals surface area contributed by atoms with Gasteiger partial charge < -0.3 is 0 Å². The van der Waals surface area contributed by atoms with Crippen molar-refractivity contribution in [1.82, 2.24) is 0 Å². The van der Waals surface area contributed by atoms with Gasteiger partial charge in [-0.05, 0) is 75.0 Å². The summed E-state index contributed by atoms with van der Waals surface area (Å²) < 4.78 is 0. The molecule has 4 saturated carbocycles. The van der Waals surface area contributed by atoms with E-state index in [1.54, 1.807) is 13.8 Å². The predicted molar refractivity (Wildman–Crippen MR) is 108 cm³/mol. The molecule has 4 aliphatic rings. The standard InChI is InChI=1S/C23H34N2O2/c1-14(26)22-9-7-16(20(22,3)4)11-18(22)24-13-25-19-12-17-8-10-23(19,15(2)27)21(17,5)6/h16-17H,7-13H2,1-6H3/b24-18+,25-19+. The second-order valence-corrected chi connectivity index (χ2v) is 10.6. The van der Waals surface area contributed by atoms with Crippen molar-refractivity contribution in [2.24, 2.45) is 43.5 Å². The van der Waals surface area contributed by atoms with Crippen LogP contribution >= 0.6 is 0 Å². The Morgan fingerprint density at radius 1 is 0.815 bits per heavy atom. The molecule has 4 bridgehead atoms. The number of hydrogen-bond donors (Lipinski definition) is 0. The number of carbonyl (C=O) groups is 2. The van der Waals surface area contributed by atoms with Crippen molar-refractivity contribution in [3.05, 3.63) is 0 Å². The Kier molecular flexibility index (Phi) is 3.95. The van der Waals surface area contributed by atoms with Crippen LogP contribution in [0.3, 0.4) is 0 Å². The van der Waals surface area contributed by atoms with Gasteiger partial charge in [0, 0.05) is 11.4 Å². The van der Waals surface area contributed by atoms with E-state index in [4.69, 9.17) is 9.98 Å². The molecular formula is C23H34N2O2. The molecule has 0 saturated heterocycles. The lowest BCUT2D eigenvalue weighted by atomic mass is 9.66. The number of Topliss-reactive ketones (excluding diaryl/α,β-unsaturated/α-hetero) is 2. The van der Waals surface area contributed by atoms with E-state index in [0.29, 0.717) is 18.5 Å². The van der Waals surface area contributed by atoms with Crippen LogP contribution < -0.4 is 0 Å². The van der Waals surface area contributed by atoms with Crippen LogP contribution in [0, 0.1) is 33.5 Å². The summed E-state index contributed by atoms with van der Waals surface area (Å²) in [7, 11) is 0. The smallest absolute Gasteiger partial charge is 0.142 e. The van der Waals surface area contributed by atoms with Gasteiger partial charge in [0.1, 0.15) is 18.2 Å². The third-order valence-electron chi connectivity index (χ3n) is 9.57. The van der Waals surface area contributed by atoms with Crippen LogP contribution in [0.25, 0.3) is 0 Å².